The number of benzene rings is 1. The highest BCUT2D eigenvalue weighted by Gasteiger charge is 2.29. The Morgan fingerprint density at radius 3 is 2.33 bits per heavy atom. The van der Waals surface area contributed by atoms with Crippen molar-refractivity contribution in [3.63, 3.8) is 0 Å². The van der Waals surface area contributed by atoms with E-state index in [4.69, 9.17) is 0 Å². The van der Waals surface area contributed by atoms with Gasteiger partial charge in [-0.05, 0) is 25.3 Å². The molecule has 3 nitrogen and oxygen atoms in total. The molecule has 0 saturated carbocycles. The number of amides is 1. The predicted octanol–water partition coefficient (Wildman–Crippen LogP) is 2.99. The molecule has 3 heteroatoms. The van der Waals surface area contributed by atoms with Crippen molar-refractivity contribution in [2.45, 2.75) is 45.1 Å². The van der Waals surface area contributed by atoms with Gasteiger partial charge in [-0.15, -0.1) is 0 Å². The molecule has 96 valence electrons. The second-order valence-electron chi connectivity index (χ2n) is 4.52. The number of nitrogens with zero attached hydrogens (tertiary/aromatic N) is 1. The Morgan fingerprint density at radius 2 is 1.89 bits per heavy atom. The largest absolute Gasteiger partial charge is 0.337 e. The zero-order valence-electron chi connectivity index (χ0n) is 11.2. The number of hydrogen-bond acceptors (Lipinski definition) is 2. The van der Waals surface area contributed by atoms with E-state index < -0.39 is 5.54 Å². The van der Waals surface area contributed by atoms with Gasteiger partial charge in [-0.3, -0.25) is 4.79 Å². The number of nitriles is 1. The summed E-state index contributed by atoms with van der Waals surface area (Å²) in [6.07, 6.45) is 1.24. The molecule has 0 aromatic heterocycles. The number of rotatable bonds is 5. The zero-order chi connectivity index (χ0) is 13.6. The van der Waals surface area contributed by atoms with Gasteiger partial charge in [-0.2, -0.15) is 5.26 Å². The van der Waals surface area contributed by atoms with Gasteiger partial charge in [0.25, 0.3) is 0 Å². The molecule has 0 aliphatic carbocycles. The van der Waals surface area contributed by atoms with Crippen molar-refractivity contribution >= 4 is 5.91 Å². The fraction of sp³-hybridized carbons (Fsp3) is 0.467. The van der Waals surface area contributed by atoms with Crippen molar-refractivity contribution < 1.29 is 4.79 Å². The maximum absolute atomic E-state index is 12.2. The molecule has 0 heterocycles. The Morgan fingerprint density at radius 1 is 1.33 bits per heavy atom. The summed E-state index contributed by atoms with van der Waals surface area (Å²) < 4.78 is 0. The fourth-order valence-corrected chi connectivity index (χ4v) is 1.85. The molecule has 0 spiro atoms. The lowest BCUT2D eigenvalue weighted by molar-refractivity contribution is -0.123. The molecule has 0 bridgehead atoms. The van der Waals surface area contributed by atoms with Crippen LogP contribution in [-0.4, -0.2) is 11.4 Å². The topological polar surface area (TPSA) is 52.9 Å². The summed E-state index contributed by atoms with van der Waals surface area (Å²) >= 11 is 0. The van der Waals surface area contributed by atoms with E-state index in [-0.39, 0.29) is 11.8 Å². The van der Waals surface area contributed by atoms with E-state index in [1.165, 1.54) is 0 Å². The van der Waals surface area contributed by atoms with Crippen LogP contribution >= 0.6 is 0 Å². The van der Waals surface area contributed by atoms with E-state index in [0.29, 0.717) is 12.8 Å². The molecule has 0 aliphatic rings. The van der Waals surface area contributed by atoms with Gasteiger partial charge in [-0.25, -0.2) is 0 Å². The van der Waals surface area contributed by atoms with Crippen LogP contribution in [0.2, 0.25) is 0 Å². The molecular formula is C15H20N2O. The molecule has 0 aliphatic heterocycles. The average Bonchev–Trinajstić information content (AvgIpc) is 2.45. The van der Waals surface area contributed by atoms with Crippen LogP contribution in [0.15, 0.2) is 30.3 Å². The third-order valence-corrected chi connectivity index (χ3v) is 3.48. The van der Waals surface area contributed by atoms with Crippen LogP contribution in [0.4, 0.5) is 0 Å². The fourth-order valence-electron chi connectivity index (χ4n) is 1.85. The molecular weight excluding hydrogens is 224 g/mol. The lowest BCUT2D eigenvalue weighted by Gasteiger charge is -2.26. The maximum Gasteiger partial charge on any atom is 0.228 e. The van der Waals surface area contributed by atoms with Gasteiger partial charge in [0.05, 0.1) is 12.0 Å². The molecule has 0 radical (unpaired) electrons. The molecule has 0 saturated heterocycles. The molecule has 1 rings (SSSR count). The van der Waals surface area contributed by atoms with Crippen LogP contribution in [-0.2, 0) is 4.79 Å². The Labute approximate surface area is 109 Å². The Balaban J connectivity index is 2.80. The minimum atomic E-state index is -0.736. The lowest BCUT2D eigenvalue weighted by atomic mass is 9.92. The summed E-state index contributed by atoms with van der Waals surface area (Å²) in [5, 5.41) is 12.1. The third kappa shape index (κ3) is 3.10. The molecule has 1 amide bonds. The Bertz CT molecular complexity index is 430. The molecule has 1 aromatic carbocycles. The van der Waals surface area contributed by atoms with E-state index in [1.54, 1.807) is 0 Å². The Hall–Kier alpha value is -1.82. The summed E-state index contributed by atoms with van der Waals surface area (Å²) in [4.78, 5) is 12.2. The van der Waals surface area contributed by atoms with Crippen LogP contribution in [0.3, 0.4) is 0 Å². The highest BCUT2D eigenvalue weighted by atomic mass is 16.2. The first-order valence-corrected chi connectivity index (χ1v) is 6.36. The van der Waals surface area contributed by atoms with Gasteiger partial charge >= 0.3 is 0 Å². The number of carbonyl (C=O) groups is 1. The van der Waals surface area contributed by atoms with E-state index in [9.17, 15) is 10.1 Å². The molecule has 18 heavy (non-hydrogen) atoms. The van der Waals surface area contributed by atoms with Crippen LogP contribution in [0.1, 0.15) is 45.1 Å². The smallest absolute Gasteiger partial charge is 0.228 e. The third-order valence-electron chi connectivity index (χ3n) is 3.48. The van der Waals surface area contributed by atoms with Gasteiger partial charge in [0.15, 0.2) is 0 Å². The van der Waals surface area contributed by atoms with Crippen LogP contribution < -0.4 is 5.32 Å². The van der Waals surface area contributed by atoms with Crippen molar-refractivity contribution in [2.75, 3.05) is 0 Å². The molecule has 1 atom stereocenters. The summed E-state index contributed by atoms with van der Waals surface area (Å²) in [5.74, 6) is -0.330. The predicted molar refractivity (Wildman–Crippen MR) is 71.9 cm³/mol. The summed E-state index contributed by atoms with van der Waals surface area (Å²) in [7, 11) is 0. The van der Waals surface area contributed by atoms with Crippen molar-refractivity contribution in [3.05, 3.63) is 35.9 Å². The minimum Gasteiger partial charge on any atom is -0.337 e. The lowest BCUT2D eigenvalue weighted by Crippen LogP contribution is -2.47. The quantitative estimate of drug-likeness (QED) is 0.865. The SMILES string of the molecule is CCC(C#N)(CC)NC(=O)C(C)c1ccccc1. The van der Waals surface area contributed by atoms with Crippen molar-refractivity contribution in [1.29, 1.82) is 5.26 Å². The second kappa shape index (κ2) is 6.20. The van der Waals surface area contributed by atoms with E-state index in [2.05, 4.69) is 11.4 Å². The van der Waals surface area contributed by atoms with Gasteiger partial charge in [-0.1, -0.05) is 44.2 Å². The van der Waals surface area contributed by atoms with Gasteiger partial charge < -0.3 is 5.32 Å². The second-order valence-corrected chi connectivity index (χ2v) is 4.52. The molecule has 0 fully saturated rings. The first-order valence-electron chi connectivity index (χ1n) is 6.36. The van der Waals surface area contributed by atoms with Crippen molar-refractivity contribution in [2.24, 2.45) is 0 Å². The summed E-state index contributed by atoms with van der Waals surface area (Å²) in [6.45, 7) is 5.69. The molecule has 1 N–H and O–H groups in total. The number of nitrogens with one attached hydrogen (secondary N) is 1. The summed E-state index contributed by atoms with van der Waals surface area (Å²) in [5.41, 5.74) is 0.231. The van der Waals surface area contributed by atoms with E-state index >= 15 is 0 Å². The highest BCUT2D eigenvalue weighted by molar-refractivity contribution is 5.84. The normalized spacial score (nSPS) is 12.6. The first kappa shape index (κ1) is 14.2. The van der Waals surface area contributed by atoms with Crippen LogP contribution in [0.5, 0.6) is 0 Å². The van der Waals surface area contributed by atoms with Crippen molar-refractivity contribution in [1.82, 2.24) is 5.32 Å². The average molecular weight is 244 g/mol. The number of carbonyl (C=O) groups excluding carboxylic acids is 1. The van der Waals surface area contributed by atoms with Crippen LogP contribution in [0, 0.1) is 11.3 Å². The van der Waals surface area contributed by atoms with Gasteiger partial charge in [0, 0.05) is 0 Å². The standard InChI is InChI=1S/C15H20N2O/c1-4-15(5-2,11-16)17-14(18)12(3)13-9-7-6-8-10-13/h6-10,12H,4-5H2,1-3H3,(H,17,18). The van der Waals surface area contributed by atoms with Gasteiger partial charge in [0.1, 0.15) is 5.54 Å². The monoisotopic (exact) mass is 244 g/mol. The Kier molecular flexibility index (Phi) is 4.91. The van der Waals surface area contributed by atoms with Crippen molar-refractivity contribution in [3.8, 4) is 6.07 Å². The maximum atomic E-state index is 12.2. The molecule has 1 unspecified atom stereocenters. The summed E-state index contributed by atoms with van der Waals surface area (Å²) in [6, 6.07) is 11.8. The molecule has 1 aromatic rings. The first-order chi connectivity index (χ1) is 8.58. The number of hydrogen-bond donors (Lipinski definition) is 1. The van der Waals surface area contributed by atoms with Gasteiger partial charge in [0.2, 0.25) is 5.91 Å². The minimum absolute atomic E-state index is 0.0912. The highest BCUT2D eigenvalue weighted by Crippen LogP contribution is 2.19. The van der Waals surface area contributed by atoms with Crippen LogP contribution in [0.25, 0.3) is 0 Å². The van der Waals surface area contributed by atoms with E-state index in [1.807, 2.05) is 51.1 Å². The van der Waals surface area contributed by atoms with E-state index in [0.717, 1.165) is 5.56 Å². The zero-order valence-corrected chi connectivity index (χ0v) is 11.2.